The minimum atomic E-state index is -0.314. The predicted octanol–water partition coefficient (Wildman–Crippen LogP) is 3.60. The zero-order chi connectivity index (χ0) is 18.8. The van der Waals surface area contributed by atoms with Crippen LogP contribution in [0.1, 0.15) is 21.3 Å². The number of furan rings is 1. The fourth-order valence-corrected chi connectivity index (χ4v) is 4.13. The van der Waals surface area contributed by atoms with Crippen molar-refractivity contribution in [3.8, 4) is 0 Å². The molecule has 1 aromatic carbocycles. The van der Waals surface area contributed by atoms with E-state index >= 15 is 0 Å². The van der Waals surface area contributed by atoms with Crippen LogP contribution in [0.15, 0.2) is 62.8 Å². The van der Waals surface area contributed by atoms with Crippen LogP contribution < -0.4 is 10.9 Å². The molecule has 1 N–H and O–H groups in total. The molecule has 0 spiro atoms. The van der Waals surface area contributed by atoms with Gasteiger partial charge < -0.3 is 9.73 Å². The van der Waals surface area contributed by atoms with Crippen molar-refractivity contribution < 1.29 is 9.21 Å². The van der Waals surface area contributed by atoms with E-state index in [2.05, 4.69) is 15.4 Å². The van der Waals surface area contributed by atoms with Crippen LogP contribution in [-0.2, 0) is 5.75 Å². The molecule has 9 heteroatoms. The Morgan fingerprint density at radius 3 is 2.96 bits per heavy atom. The third-order valence-corrected chi connectivity index (χ3v) is 5.59. The molecular formula is C18H14N4O3S2. The van der Waals surface area contributed by atoms with E-state index in [-0.39, 0.29) is 17.2 Å². The Bertz CT molecular complexity index is 1170. The van der Waals surface area contributed by atoms with Crippen LogP contribution in [0.5, 0.6) is 0 Å². The van der Waals surface area contributed by atoms with E-state index in [1.807, 2.05) is 31.2 Å². The van der Waals surface area contributed by atoms with Crippen molar-refractivity contribution in [3.63, 3.8) is 0 Å². The highest BCUT2D eigenvalue weighted by atomic mass is 32.2. The quantitative estimate of drug-likeness (QED) is 0.517. The Kier molecular flexibility index (Phi) is 4.78. The number of anilines is 1. The summed E-state index contributed by atoms with van der Waals surface area (Å²) in [5, 5.41) is 7.77. The van der Waals surface area contributed by atoms with Crippen molar-refractivity contribution >= 4 is 39.7 Å². The Labute approximate surface area is 162 Å². The van der Waals surface area contributed by atoms with Gasteiger partial charge in [0.05, 0.1) is 17.6 Å². The van der Waals surface area contributed by atoms with E-state index in [4.69, 9.17) is 4.42 Å². The van der Waals surface area contributed by atoms with Gasteiger partial charge in [0.25, 0.3) is 11.5 Å². The first-order valence-corrected chi connectivity index (χ1v) is 9.83. The number of nitrogens with one attached hydrogen (secondary N) is 1. The van der Waals surface area contributed by atoms with E-state index in [1.165, 1.54) is 39.9 Å². The monoisotopic (exact) mass is 398 g/mol. The molecule has 0 fully saturated rings. The number of aryl methyl sites for hydroxylation is 1. The van der Waals surface area contributed by atoms with Gasteiger partial charge in [-0.3, -0.25) is 9.59 Å². The van der Waals surface area contributed by atoms with E-state index < -0.39 is 0 Å². The van der Waals surface area contributed by atoms with Crippen molar-refractivity contribution in [2.45, 2.75) is 17.6 Å². The molecular weight excluding hydrogens is 384 g/mol. The van der Waals surface area contributed by atoms with Crippen molar-refractivity contribution in [3.05, 3.63) is 75.5 Å². The van der Waals surface area contributed by atoms with Gasteiger partial charge in [0.1, 0.15) is 5.01 Å². The van der Waals surface area contributed by atoms with Crippen LogP contribution in [0, 0.1) is 6.92 Å². The van der Waals surface area contributed by atoms with Crippen LogP contribution in [0.2, 0.25) is 0 Å². The number of benzene rings is 1. The van der Waals surface area contributed by atoms with E-state index in [1.54, 1.807) is 12.1 Å². The number of para-hydroxylation sites is 1. The Morgan fingerprint density at radius 1 is 1.30 bits per heavy atom. The topological polar surface area (TPSA) is 89.5 Å². The van der Waals surface area contributed by atoms with Crippen molar-refractivity contribution in [1.82, 2.24) is 14.6 Å². The molecule has 1 amide bonds. The highest BCUT2D eigenvalue weighted by Gasteiger charge is 2.12. The molecule has 0 bridgehead atoms. The number of rotatable bonds is 5. The molecule has 0 atom stereocenters. The molecule has 4 rings (SSSR count). The van der Waals surface area contributed by atoms with Gasteiger partial charge >= 0.3 is 0 Å². The summed E-state index contributed by atoms with van der Waals surface area (Å²) in [5.41, 5.74) is 1.15. The summed E-state index contributed by atoms with van der Waals surface area (Å²) in [7, 11) is 0. The molecule has 27 heavy (non-hydrogen) atoms. The van der Waals surface area contributed by atoms with Crippen LogP contribution in [-0.4, -0.2) is 20.5 Å². The lowest BCUT2D eigenvalue weighted by atomic mass is 10.3. The number of hydrogen-bond donors (Lipinski definition) is 1. The lowest BCUT2D eigenvalue weighted by Gasteiger charge is -2.09. The molecule has 3 heterocycles. The maximum atomic E-state index is 12.2. The average Bonchev–Trinajstić information content (AvgIpc) is 3.30. The molecule has 0 saturated heterocycles. The molecule has 136 valence electrons. The SMILES string of the molecule is Cc1nn2c(=O)cc(CSc3ccccc3NC(=O)c3ccco3)nc2s1. The minimum Gasteiger partial charge on any atom is -0.459 e. The van der Waals surface area contributed by atoms with Crippen molar-refractivity contribution in [2.24, 2.45) is 0 Å². The van der Waals surface area contributed by atoms with Gasteiger partial charge in [-0.15, -0.1) is 11.8 Å². The molecule has 0 saturated carbocycles. The Hall–Kier alpha value is -2.91. The largest absolute Gasteiger partial charge is 0.459 e. The lowest BCUT2D eigenvalue weighted by Crippen LogP contribution is -2.15. The Balaban J connectivity index is 1.53. The minimum absolute atomic E-state index is 0.195. The van der Waals surface area contributed by atoms with E-state index in [0.29, 0.717) is 22.1 Å². The van der Waals surface area contributed by atoms with E-state index in [0.717, 1.165) is 9.90 Å². The molecule has 0 radical (unpaired) electrons. The molecule has 0 aliphatic heterocycles. The van der Waals surface area contributed by atoms with Gasteiger partial charge in [0.15, 0.2) is 5.76 Å². The van der Waals surface area contributed by atoms with Gasteiger partial charge in [-0.25, -0.2) is 4.98 Å². The van der Waals surface area contributed by atoms with Crippen LogP contribution in [0.4, 0.5) is 5.69 Å². The third kappa shape index (κ3) is 3.79. The van der Waals surface area contributed by atoms with Gasteiger partial charge in [-0.2, -0.15) is 9.61 Å². The number of nitrogens with zero attached hydrogens (tertiary/aromatic N) is 3. The normalized spacial score (nSPS) is 11.0. The molecule has 3 aromatic heterocycles. The second-order valence-electron chi connectivity index (χ2n) is 5.62. The third-order valence-electron chi connectivity index (χ3n) is 3.65. The summed E-state index contributed by atoms with van der Waals surface area (Å²) in [6.45, 7) is 1.84. The number of thioether (sulfide) groups is 1. The average molecular weight is 398 g/mol. The first-order valence-electron chi connectivity index (χ1n) is 8.03. The van der Waals surface area contributed by atoms with Gasteiger partial charge in [0, 0.05) is 16.7 Å². The summed E-state index contributed by atoms with van der Waals surface area (Å²) in [5.74, 6) is 0.428. The predicted molar refractivity (Wildman–Crippen MR) is 105 cm³/mol. The maximum Gasteiger partial charge on any atom is 0.291 e. The Morgan fingerprint density at radius 2 is 2.15 bits per heavy atom. The van der Waals surface area contributed by atoms with Gasteiger partial charge in [-0.05, 0) is 31.2 Å². The molecule has 7 nitrogen and oxygen atoms in total. The zero-order valence-corrected chi connectivity index (χ0v) is 15.8. The number of fused-ring (bicyclic) bond motifs is 1. The molecule has 0 aliphatic carbocycles. The number of amides is 1. The summed E-state index contributed by atoms with van der Waals surface area (Å²) >= 11 is 2.87. The van der Waals surface area contributed by atoms with E-state index in [9.17, 15) is 9.59 Å². The second-order valence-corrected chi connectivity index (χ2v) is 7.79. The maximum absolute atomic E-state index is 12.2. The number of aromatic nitrogens is 3. The highest BCUT2D eigenvalue weighted by molar-refractivity contribution is 7.98. The van der Waals surface area contributed by atoms with Crippen molar-refractivity contribution in [1.29, 1.82) is 0 Å². The first kappa shape index (κ1) is 17.5. The second kappa shape index (κ2) is 7.37. The van der Waals surface area contributed by atoms with Crippen LogP contribution in [0.25, 0.3) is 4.96 Å². The molecule has 0 unspecified atom stereocenters. The number of hydrogen-bond acceptors (Lipinski definition) is 7. The van der Waals surface area contributed by atoms with Gasteiger partial charge in [0.2, 0.25) is 4.96 Å². The van der Waals surface area contributed by atoms with Crippen LogP contribution >= 0.6 is 23.1 Å². The standard InChI is InChI=1S/C18H14N4O3S2/c1-11-21-22-16(23)9-12(19-18(22)27-11)10-26-15-7-3-2-5-13(15)20-17(24)14-6-4-8-25-14/h2-9H,10H2,1H3,(H,20,24). The molecule has 4 aromatic rings. The summed E-state index contributed by atoms with van der Waals surface area (Å²) in [6.07, 6.45) is 1.46. The fraction of sp³-hybridized carbons (Fsp3) is 0.111. The smallest absolute Gasteiger partial charge is 0.291 e. The zero-order valence-electron chi connectivity index (χ0n) is 14.2. The summed E-state index contributed by atoms with van der Waals surface area (Å²) in [4.78, 5) is 30.3. The van der Waals surface area contributed by atoms with Crippen LogP contribution in [0.3, 0.4) is 0 Å². The van der Waals surface area contributed by atoms with Crippen molar-refractivity contribution in [2.75, 3.05) is 5.32 Å². The lowest BCUT2D eigenvalue weighted by molar-refractivity contribution is 0.0996. The summed E-state index contributed by atoms with van der Waals surface area (Å²) in [6, 6.07) is 12.2. The first-order chi connectivity index (χ1) is 13.1. The molecule has 0 aliphatic rings. The highest BCUT2D eigenvalue weighted by Crippen LogP contribution is 2.29. The number of carbonyl (C=O) groups excluding carboxylic acids is 1. The number of carbonyl (C=O) groups is 1. The van der Waals surface area contributed by atoms with Gasteiger partial charge in [-0.1, -0.05) is 23.5 Å². The fourth-order valence-electron chi connectivity index (χ4n) is 2.46. The summed E-state index contributed by atoms with van der Waals surface area (Å²) < 4.78 is 6.43.